The molecule has 3 fully saturated rings. The average molecular weight is 392 g/mol. The van der Waals surface area contributed by atoms with Crippen molar-refractivity contribution in [3.63, 3.8) is 0 Å². The van der Waals surface area contributed by atoms with E-state index >= 15 is 0 Å². The summed E-state index contributed by atoms with van der Waals surface area (Å²) >= 11 is 0. The topological polar surface area (TPSA) is 73.8 Å². The van der Waals surface area contributed by atoms with Gasteiger partial charge in [0.1, 0.15) is 5.82 Å². The van der Waals surface area contributed by atoms with Gasteiger partial charge in [-0.2, -0.15) is 0 Å². The first-order chi connectivity index (χ1) is 14.0. The first kappa shape index (κ1) is 17.8. The molecule has 6 rings (SSSR count). The highest BCUT2D eigenvalue weighted by atomic mass is 19.1. The monoisotopic (exact) mass is 392 g/mol. The Hall–Kier alpha value is -3.22. The second-order valence-corrected chi connectivity index (χ2v) is 8.13. The van der Waals surface area contributed by atoms with Crippen molar-refractivity contribution in [2.75, 3.05) is 11.9 Å². The number of aliphatic imine (C=N–C) groups is 1. The van der Waals surface area contributed by atoms with Gasteiger partial charge in [-0.25, -0.2) is 14.2 Å². The van der Waals surface area contributed by atoms with Crippen molar-refractivity contribution in [3.05, 3.63) is 65.5 Å². The number of amides is 3. The third-order valence-electron chi connectivity index (χ3n) is 6.16. The van der Waals surface area contributed by atoms with Gasteiger partial charge in [-0.1, -0.05) is 30.3 Å². The Kier molecular flexibility index (Phi) is 3.94. The first-order valence-corrected chi connectivity index (χ1v) is 9.74. The van der Waals surface area contributed by atoms with E-state index in [1.165, 1.54) is 11.0 Å². The molecule has 3 saturated carbocycles. The lowest BCUT2D eigenvalue weighted by molar-refractivity contribution is -0.119. The fraction of sp³-hybridized carbons (Fsp3) is 0.318. The summed E-state index contributed by atoms with van der Waals surface area (Å²) in [6.07, 6.45) is 1.84. The Morgan fingerprint density at radius 2 is 1.76 bits per heavy atom. The number of benzene rings is 2. The number of rotatable bonds is 3. The SMILES string of the molecule is CN1C(=O)C(NC(=O)NC23CC(C2)C3)N=C(c2ccccc2F)c2ccccc21. The number of nitrogens with zero attached hydrogens (tertiary/aromatic N) is 2. The highest BCUT2D eigenvalue weighted by Crippen LogP contribution is 2.56. The van der Waals surface area contributed by atoms with Crippen LogP contribution in [-0.4, -0.2) is 36.4 Å². The van der Waals surface area contributed by atoms with Crippen LogP contribution in [0.3, 0.4) is 0 Å². The molecule has 0 saturated heterocycles. The lowest BCUT2D eigenvalue weighted by Crippen LogP contribution is -2.70. The Bertz CT molecular complexity index is 1030. The number of urea groups is 1. The van der Waals surface area contributed by atoms with Crippen LogP contribution in [0.2, 0.25) is 0 Å². The summed E-state index contributed by atoms with van der Waals surface area (Å²) in [5.41, 5.74) is 1.76. The van der Waals surface area contributed by atoms with E-state index in [0.717, 1.165) is 25.2 Å². The van der Waals surface area contributed by atoms with Crippen molar-refractivity contribution in [2.45, 2.75) is 31.0 Å². The Balaban J connectivity index is 1.52. The summed E-state index contributed by atoms with van der Waals surface area (Å²) in [4.78, 5) is 31.6. The summed E-state index contributed by atoms with van der Waals surface area (Å²) in [5, 5.41) is 5.68. The van der Waals surface area contributed by atoms with Gasteiger partial charge < -0.3 is 15.5 Å². The highest BCUT2D eigenvalue weighted by molar-refractivity contribution is 6.20. The number of carbonyl (C=O) groups is 2. The number of para-hydroxylation sites is 1. The van der Waals surface area contributed by atoms with Crippen molar-refractivity contribution >= 4 is 23.3 Å². The van der Waals surface area contributed by atoms with Gasteiger partial charge >= 0.3 is 6.03 Å². The molecule has 29 heavy (non-hydrogen) atoms. The molecule has 0 spiro atoms. The van der Waals surface area contributed by atoms with E-state index in [2.05, 4.69) is 15.6 Å². The van der Waals surface area contributed by atoms with Crippen LogP contribution in [0.4, 0.5) is 14.9 Å². The van der Waals surface area contributed by atoms with Crippen molar-refractivity contribution < 1.29 is 14.0 Å². The molecule has 1 aliphatic heterocycles. The van der Waals surface area contributed by atoms with E-state index in [0.29, 0.717) is 17.0 Å². The van der Waals surface area contributed by atoms with Gasteiger partial charge in [0.15, 0.2) is 0 Å². The summed E-state index contributed by atoms with van der Waals surface area (Å²) < 4.78 is 14.6. The van der Waals surface area contributed by atoms with E-state index < -0.39 is 18.0 Å². The fourth-order valence-electron chi connectivity index (χ4n) is 4.52. The molecule has 1 atom stereocenters. The van der Waals surface area contributed by atoms with Gasteiger partial charge in [0.05, 0.1) is 11.4 Å². The molecule has 1 unspecified atom stereocenters. The molecule has 2 aromatic carbocycles. The lowest BCUT2D eigenvalue weighted by Gasteiger charge is -2.61. The zero-order valence-corrected chi connectivity index (χ0v) is 16.0. The van der Waals surface area contributed by atoms with Crippen LogP contribution in [0.1, 0.15) is 30.4 Å². The first-order valence-electron chi connectivity index (χ1n) is 9.74. The van der Waals surface area contributed by atoms with E-state index in [1.807, 2.05) is 12.1 Å². The maximum Gasteiger partial charge on any atom is 0.317 e. The smallest absolute Gasteiger partial charge is 0.317 e. The number of carbonyl (C=O) groups excluding carboxylic acids is 2. The minimum Gasteiger partial charge on any atom is -0.333 e. The summed E-state index contributed by atoms with van der Waals surface area (Å²) in [7, 11) is 1.63. The van der Waals surface area contributed by atoms with Gasteiger partial charge in [-0.05, 0) is 43.4 Å². The van der Waals surface area contributed by atoms with Crippen LogP contribution in [0.25, 0.3) is 0 Å². The van der Waals surface area contributed by atoms with Crippen LogP contribution in [0.5, 0.6) is 0 Å². The molecule has 0 aromatic heterocycles. The molecule has 3 amide bonds. The molecular weight excluding hydrogens is 371 g/mol. The van der Waals surface area contributed by atoms with E-state index in [4.69, 9.17) is 0 Å². The minimum absolute atomic E-state index is 0.116. The molecule has 2 bridgehead atoms. The van der Waals surface area contributed by atoms with E-state index in [9.17, 15) is 14.0 Å². The summed E-state index contributed by atoms with van der Waals surface area (Å²) in [6.45, 7) is 0. The van der Waals surface area contributed by atoms with Crippen LogP contribution in [-0.2, 0) is 4.79 Å². The number of halogens is 1. The van der Waals surface area contributed by atoms with Gasteiger partial charge in [-0.15, -0.1) is 0 Å². The van der Waals surface area contributed by atoms with Gasteiger partial charge in [0.25, 0.3) is 5.91 Å². The predicted octanol–water partition coefficient (Wildman–Crippen LogP) is 2.82. The number of anilines is 1. The van der Waals surface area contributed by atoms with Crippen LogP contribution in [0.15, 0.2) is 53.5 Å². The maximum atomic E-state index is 14.6. The molecule has 6 nitrogen and oxygen atoms in total. The van der Waals surface area contributed by atoms with Gasteiger partial charge in [0, 0.05) is 23.7 Å². The lowest BCUT2D eigenvalue weighted by atomic mass is 9.50. The number of hydrogen-bond donors (Lipinski definition) is 2. The number of benzodiazepines with no additional fused rings is 1. The number of fused-ring (bicyclic) bond motifs is 1. The van der Waals surface area contributed by atoms with E-state index in [1.54, 1.807) is 37.4 Å². The number of likely N-dealkylation sites (N-methyl/N-ethyl adjacent to an activating group) is 1. The molecule has 0 radical (unpaired) electrons. The van der Waals surface area contributed by atoms with Crippen LogP contribution >= 0.6 is 0 Å². The standard InChI is InChI=1S/C22H21FN4O2/c1-27-17-9-5-3-7-15(17)18(14-6-2-4-8-16(14)23)24-19(20(27)28)25-21(29)26-22-10-13(11-22)12-22/h2-9,13,19H,10-12H2,1H3,(H2,25,26,29). The zero-order chi connectivity index (χ0) is 20.2. The third kappa shape index (κ3) is 2.88. The second kappa shape index (κ2) is 6.40. The third-order valence-corrected chi connectivity index (χ3v) is 6.16. The number of hydrogen-bond acceptors (Lipinski definition) is 3. The fourth-order valence-corrected chi connectivity index (χ4v) is 4.52. The quantitative estimate of drug-likeness (QED) is 0.843. The Labute approximate surface area is 167 Å². The van der Waals surface area contributed by atoms with Gasteiger partial charge in [-0.3, -0.25) is 4.79 Å². The molecule has 1 heterocycles. The highest BCUT2D eigenvalue weighted by Gasteiger charge is 2.57. The van der Waals surface area contributed by atoms with Crippen LogP contribution < -0.4 is 15.5 Å². The maximum absolute atomic E-state index is 14.6. The molecular formula is C22H21FN4O2. The van der Waals surface area contributed by atoms with Crippen LogP contribution in [0, 0.1) is 11.7 Å². The molecule has 2 N–H and O–H groups in total. The largest absolute Gasteiger partial charge is 0.333 e. The average Bonchev–Trinajstić information content (AvgIpc) is 2.75. The van der Waals surface area contributed by atoms with Crippen molar-refractivity contribution in [3.8, 4) is 0 Å². The number of nitrogens with one attached hydrogen (secondary N) is 2. The second-order valence-electron chi connectivity index (χ2n) is 8.13. The molecule has 2 aromatic rings. The molecule has 3 aliphatic carbocycles. The van der Waals surface area contributed by atoms with Crippen molar-refractivity contribution in [1.29, 1.82) is 0 Å². The van der Waals surface area contributed by atoms with E-state index in [-0.39, 0.29) is 17.0 Å². The van der Waals surface area contributed by atoms with Crippen molar-refractivity contribution in [2.24, 2.45) is 10.9 Å². The summed E-state index contributed by atoms with van der Waals surface area (Å²) in [5.74, 6) is -0.0900. The molecule has 148 valence electrons. The molecule has 4 aliphatic rings. The Morgan fingerprint density at radius 3 is 2.41 bits per heavy atom. The van der Waals surface area contributed by atoms with Gasteiger partial charge in [0.2, 0.25) is 6.17 Å². The normalized spacial score (nSPS) is 27.0. The zero-order valence-electron chi connectivity index (χ0n) is 16.0. The Morgan fingerprint density at radius 1 is 1.10 bits per heavy atom. The molecule has 7 heteroatoms. The predicted molar refractivity (Wildman–Crippen MR) is 107 cm³/mol. The van der Waals surface area contributed by atoms with Crippen molar-refractivity contribution in [1.82, 2.24) is 10.6 Å². The minimum atomic E-state index is -1.14. The summed E-state index contributed by atoms with van der Waals surface area (Å²) in [6, 6.07) is 13.1.